The van der Waals surface area contributed by atoms with Gasteiger partial charge in [-0.15, -0.1) is 16.4 Å². The summed E-state index contributed by atoms with van der Waals surface area (Å²) in [5.74, 6) is -0.148. The van der Waals surface area contributed by atoms with Gasteiger partial charge < -0.3 is 10.1 Å². The van der Waals surface area contributed by atoms with Crippen molar-refractivity contribution >= 4 is 38.9 Å². The van der Waals surface area contributed by atoms with Gasteiger partial charge in [-0.25, -0.2) is 13.9 Å². The van der Waals surface area contributed by atoms with Crippen molar-refractivity contribution in [1.29, 1.82) is 0 Å². The number of amides is 1. The second-order valence-corrected chi connectivity index (χ2v) is 8.60. The van der Waals surface area contributed by atoms with Crippen LogP contribution in [0, 0.1) is 6.92 Å². The number of thiophene rings is 1. The molecule has 5 rings (SSSR count). The first-order valence-corrected chi connectivity index (χ1v) is 11.0. The molecule has 9 nitrogen and oxygen atoms in total. The maximum atomic E-state index is 13.1. The molecule has 4 aromatic rings. The highest BCUT2D eigenvalue weighted by molar-refractivity contribution is 7.17. The van der Waals surface area contributed by atoms with Crippen LogP contribution in [0.25, 0.3) is 16.0 Å². The lowest BCUT2D eigenvalue weighted by molar-refractivity contribution is -0.117. The Labute approximate surface area is 180 Å². The van der Waals surface area contributed by atoms with E-state index < -0.39 is 5.69 Å². The van der Waals surface area contributed by atoms with Crippen molar-refractivity contribution in [3.8, 4) is 0 Å². The summed E-state index contributed by atoms with van der Waals surface area (Å²) >= 11 is 1.29. The topological polar surface area (TPSA) is 99.6 Å². The number of aryl methyl sites for hydroxylation is 1. The van der Waals surface area contributed by atoms with Crippen LogP contribution in [0.4, 0.5) is 5.69 Å². The van der Waals surface area contributed by atoms with Crippen LogP contribution >= 0.6 is 11.3 Å². The maximum absolute atomic E-state index is 13.1. The zero-order valence-electron chi connectivity index (χ0n) is 16.9. The van der Waals surface area contributed by atoms with Crippen LogP contribution < -0.4 is 16.6 Å². The van der Waals surface area contributed by atoms with E-state index in [2.05, 4.69) is 10.4 Å². The van der Waals surface area contributed by atoms with Gasteiger partial charge in [0, 0.05) is 12.3 Å². The number of carbonyl (C=O) groups excluding carboxylic acids is 1. The van der Waals surface area contributed by atoms with E-state index in [0.29, 0.717) is 29.1 Å². The molecule has 1 saturated heterocycles. The van der Waals surface area contributed by atoms with E-state index in [1.54, 1.807) is 17.5 Å². The predicted molar refractivity (Wildman–Crippen MR) is 118 cm³/mol. The Balaban J connectivity index is 1.55. The minimum Gasteiger partial charge on any atom is -0.376 e. The molecular weight excluding hydrogens is 418 g/mol. The second kappa shape index (κ2) is 7.78. The van der Waals surface area contributed by atoms with Crippen molar-refractivity contribution in [3.05, 3.63) is 62.1 Å². The number of aromatic nitrogens is 4. The first-order valence-electron chi connectivity index (χ1n) is 10.1. The Morgan fingerprint density at radius 2 is 2.19 bits per heavy atom. The third-order valence-electron chi connectivity index (χ3n) is 5.39. The molecule has 10 heteroatoms. The lowest BCUT2D eigenvalue weighted by Gasteiger charge is -2.12. The lowest BCUT2D eigenvalue weighted by atomic mass is 10.2. The van der Waals surface area contributed by atoms with Crippen LogP contribution in [-0.4, -0.2) is 37.4 Å². The van der Waals surface area contributed by atoms with Crippen LogP contribution in [0.5, 0.6) is 0 Å². The summed E-state index contributed by atoms with van der Waals surface area (Å²) in [5.41, 5.74) is 1.51. The molecule has 0 aliphatic carbocycles. The van der Waals surface area contributed by atoms with Crippen molar-refractivity contribution in [3.63, 3.8) is 0 Å². The molecule has 160 valence electrons. The molecule has 0 unspecified atom stereocenters. The van der Waals surface area contributed by atoms with Gasteiger partial charge in [0.25, 0.3) is 5.56 Å². The standard InChI is InChI=1S/C21H21N5O4S/c1-13-4-2-5-14(10-13)22-17(27)12-25-21(29)26-16-7-9-31-18(16)19(28)24(20(26)23-25)11-15-6-3-8-30-15/h2,4-5,7,9-10,15H,3,6,8,11-12H2,1H3,(H,22,27)/t15-/m0/s1. The third kappa shape index (κ3) is 3.57. The number of hydrogen-bond donors (Lipinski definition) is 1. The quantitative estimate of drug-likeness (QED) is 0.513. The number of ether oxygens (including phenoxy) is 1. The van der Waals surface area contributed by atoms with Crippen LogP contribution in [-0.2, 0) is 22.6 Å². The number of nitrogens with zero attached hydrogens (tertiary/aromatic N) is 4. The van der Waals surface area contributed by atoms with Gasteiger partial charge in [-0.1, -0.05) is 12.1 Å². The summed E-state index contributed by atoms with van der Waals surface area (Å²) in [5, 5.41) is 8.92. The van der Waals surface area contributed by atoms with Gasteiger partial charge in [0.1, 0.15) is 11.2 Å². The SMILES string of the molecule is Cc1cccc(NC(=O)Cn2nc3n(C[C@@H]4CCCO4)c(=O)c4sccc4n3c2=O)c1. The van der Waals surface area contributed by atoms with Gasteiger partial charge in [0.05, 0.1) is 18.2 Å². The van der Waals surface area contributed by atoms with E-state index in [1.807, 2.05) is 25.1 Å². The second-order valence-electron chi connectivity index (χ2n) is 7.68. The molecule has 1 amide bonds. The highest BCUT2D eigenvalue weighted by Crippen LogP contribution is 2.19. The number of nitrogens with one attached hydrogen (secondary N) is 1. The lowest BCUT2D eigenvalue weighted by Crippen LogP contribution is -2.30. The molecule has 1 aliphatic heterocycles. The fourth-order valence-electron chi connectivity index (χ4n) is 3.95. The number of anilines is 1. The Bertz CT molecular complexity index is 1410. The molecule has 1 atom stereocenters. The summed E-state index contributed by atoms with van der Waals surface area (Å²) in [6, 6.07) is 9.13. The molecule has 3 aromatic heterocycles. The zero-order valence-corrected chi connectivity index (χ0v) is 17.7. The van der Waals surface area contributed by atoms with E-state index in [-0.39, 0.29) is 29.9 Å². The first-order chi connectivity index (χ1) is 15.0. The summed E-state index contributed by atoms with van der Waals surface area (Å²) in [4.78, 5) is 38.8. The molecule has 0 saturated carbocycles. The van der Waals surface area contributed by atoms with E-state index in [9.17, 15) is 14.4 Å². The van der Waals surface area contributed by atoms with Gasteiger partial charge in [-0.3, -0.25) is 14.2 Å². The van der Waals surface area contributed by atoms with Crippen molar-refractivity contribution in [2.75, 3.05) is 11.9 Å². The molecule has 31 heavy (non-hydrogen) atoms. The average Bonchev–Trinajstić information content (AvgIpc) is 3.46. The van der Waals surface area contributed by atoms with Crippen LogP contribution in [0.3, 0.4) is 0 Å². The highest BCUT2D eigenvalue weighted by atomic mass is 32.1. The Morgan fingerprint density at radius 1 is 1.32 bits per heavy atom. The fourth-order valence-corrected chi connectivity index (χ4v) is 4.78. The molecular formula is C21H21N5O4S. The minimum absolute atomic E-state index is 0.0937. The summed E-state index contributed by atoms with van der Waals surface area (Å²) in [6.45, 7) is 2.66. The van der Waals surface area contributed by atoms with Crippen LogP contribution in [0.1, 0.15) is 18.4 Å². The Morgan fingerprint density at radius 3 is 2.97 bits per heavy atom. The minimum atomic E-state index is -0.459. The van der Waals surface area contributed by atoms with Gasteiger partial charge in [0.2, 0.25) is 11.7 Å². The summed E-state index contributed by atoms with van der Waals surface area (Å²) < 4.78 is 10.2. The molecule has 4 heterocycles. The monoisotopic (exact) mass is 439 g/mol. The Hall–Kier alpha value is -3.24. The van der Waals surface area contributed by atoms with Crippen molar-refractivity contribution < 1.29 is 9.53 Å². The van der Waals surface area contributed by atoms with Crippen molar-refractivity contribution in [2.24, 2.45) is 0 Å². The summed E-state index contributed by atoms with van der Waals surface area (Å²) in [6.07, 6.45) is 1.70. The molecule has 1 aliphatic rings. The van der Waals surface area contributed by atoms with Gasteiger partial charge >= 0.3 is 5.69 Å². The zero-order chi connectivity index (χ0) is 21.5. The number of hydrogen-bond acceptors (Lipinski definition) is 6. The number of rotatable bonds is 5. The van der Waals surface area contributed by atoms with E-state index in [0.717, 1.165) is 23.1 Å². The molecule has 0 radical (unpaired) electrons. The number of carbonyl (C=O) groups is 1. The normalized spacial score (nSPS) is 16.4. The molecule has 1 N–H and O–H groups in total. The Kier molecular flexibility index (Phi) is 4.95. The predicted octanol–water partition coefficient (Wildman–Crippen LogP) is 2.00. The van der Waals surface area contributed by atoms with Crippen molar-refractivity contribution in [1.82, 2.24) is 18.7 Å². The highest BCUT2D eigenvalue weighted by Gasteiger charge is 2.23. The molecule has 0 bridgehead atoms. The van der Waals surface area contributed by atoms with Gasteiger partial charge in [0.15, 0.2) is 0 Å². The maximum Gasteiger partial charge on any atom is 0.352 e. The van der Waals surface area contributed by atoms with E-state index in [1.165, 1.54) is 20.3 Å². The molecule has 1 aromatic carbocycles. The molecule has 0 spiro atoms. The van der Waals surface area contributed by atoms with Gasteiger partial charge in [-0.2, -0.15) is 0 Å². The average molecular weight is 439 g/mol. The van der Waals surface area contributed by atoms with Crippen LogP contribution in [0.15, 0.2) is 45.3 Å². The third-order valence-corrected chi connectivity index (χ3v) is 6.29. The van der Waals surface area contributed by atoms with E-state index >= 15 is 0 Å². The largest absolute Gasteiger partial charge is 0.376 e. The summed E-state index contributed by atoms with van der Waals surface area (Å²) in [7, 11) is 0. The van der Waals surface area contributed by atoms with Crippen LogP contribution in [0.2, 0.25) is 0 Å². The first kappa shape index (κ1) is 19.7. The van der Waals surface area contributed by atoms with E-state index in [4.69, 9.17) is 4.74 Å². The fraction of sp³-hybridized carbons (Fsp3) is 0.333. The van der Waals surface area contributed by atoms with Crippen molar-refractivity contribution in [2.45, 2.75) is 39.0 Å². The molecule has 1 fully saturated rings. The number of benzene rings is 1. The van der Waals surface area contributed by atoms with Gasteiger partial charge in [-0.05, 0) is 48.9 Å². The smallest absolute Gasteiger partial charge is 0.352 e. The number of fused-ring (bicyclic) bond motifs is 3.